The van der Waals surface area contributed by atoms with Crippen molar-refractivity contribution in [2.24, 2.45) is 5.92 Å². The first-order valence-electron chi connectivity index (χ1n) is 15.4. The molecule has 0 saturated carbocycles. The van der Waals surface area contributed by atoms with Crippen LogP contribution in [0.25, 0.3) is 0 Å². The van der Waals surface area contributed by atoms with Gasteiger partial charge >= 0.3 is 0 Å². The predicted molar refractivity (Wildman–Crippen MR) is 163 cm³/mol. The zero-order chi connectivity index (χ0) is 28.0. The second-order valence-electron chi connectivity index (χ2n) is 11.3. The van der Waals surface area contributed by atoms with E-state index in [4.69, 9.17) is 4.74 Å². The predicted octanol–water partition coefficient (Wildman–Crippen LogP) is 5.51. The van der Waals surface area contributed by atoms with Crippen LogP contribution in [-0.4, -0.2) is 69.2 Å². The smallest absolute Gasteiger partial charge is 0.253 e. The highest BCUT2D eigenvalue weighted by Crippen LogP contribution is 2.30. The van der Waals surface area contributed by atoms with Gasteiger partial charge in [-0.15, -0.1) is 0 Å². The zero-order valence-electron chi connectivity index (χ0n) is 24.3. The summed E-state index contributed by atoms with van der Waals surface area (Å²) in [5.74, 6) is 0.593. The third-order valence-electron chi connectivity index (χ3n) is 8.17. The molecule has 4 rings (SSSR count). The minimum absolute atomic E-state index is 0.0182. The van der Waals surface area contributed by atoms with E-state index in [1.165, 1.54) is 24.8 Å². The first kappa shape index (κ1) is 30.1. The van der Waals surface area contributed by atoms with Gasteiger partial charge in [0, 0.05) is 57.1 Å². The van der Waals surface area contributed by atoms with Crippen LogP contribution in [0.2, 0.25) is 0 Å². The molecule has 2 aromatic carbocycles. The number of hydrogen-bond donors (Lipinski definition) is 2. The average molecular weight is 549 g/mol. The fourth-order valence-corrected chi connectivity index (χ4v) is 5.76. The second kappa shape index (κ2) is 16.4. The number of unbranched alkanes of at least 4 members (excludes halogenated alkanes) is 4. The monoisotopic (exact) mass is 548 g/mol. The van der Waals surface area contributed by atoms with E-state index in [1.807, 2.05) is 18.2 Å². The standard InChI is InChI=1S/C33H48N4O3/c1-2-3-4-5-9-12-32(38)35-29-13-14-31(30(26-29)33(39)34-17-20-36-21-23-40-24-22-36)37-18-15-28(16-19-37)25-27-10-7-6-8-11-27/h6-8,10-11,13-14,26,28H,2-5,9,12,15-25H2,1H3,(H,34,39)(H,35,38). The van der Waals surface area contributed by atoms with E-state index in [9.17, 15) is 9.59 Å². The van der Waals surface area contributed by atoms with Gasteiger partial charge in [0.1, 0.15) is 0 Å². The molecule has 2 aliphatic rings. The van der Waals surface area contributed by atoms with Gasteiger partial charge in [0.15, 0.2) is 0 Å². The maximum absolute atomic E-state index is 13.5. The van der Waals surface area contributed by atoms with E-state index in [1.54, 1.807) is 0 Å². The molecule has 0 unspecified atom stereocenters. The van der Waals surface area contributed by atoms with E-state index in [2.05, 4.69) is 57.7 Å². The third kappa shape index (κ3) is 9.63. The summed E-state index contributed by atoms with van der Waals surface area (Å²) in [6, 6.07) is 16.6. The molecule has 2 aromatic rings. The molecule has 0 bridgehead atoms. The number of amides is 2. The number of piperidine rings is 1. The SMILES string of the molecule is CCCCCCCC(=O)Nc1ccc(N2CCC(Cc3ccccc3)CC2)c(C(=O)NCCN2CCOCC2)c1. The Morgan fingerprint density at radius 2 is 1.68 bits per heavy atom. The molecule has 2 fully saturated rings. The van der Waals surface area contributed by atoms with E-state index in [0.717, 1.165) is 83.7 Å². The highest BCUT2D eigenvalue weighted by Gasteiger charge is 2.24. The van der Waals surface area contributed by atoms with Gasteiger partial charge in [0.25, 0.3) is 5.91 Å². The average Bonchev–Trinajstić information content (AvgIpc) is 2.98. The number of morpholine rings is 1. The Morgan fingerprint density at radius 3 is 2.42 bits per heavy atom. The minimum atomic E-state index is -0.0784. The van der Waals surface area contributed by atoms with Crippen molar-refractivity contribution in [3.05, 3.63) is 59.7 Å². The summed E-state index contributed by atoms with van der Waals surface area (Å²) in [5.41, 5.74) is 3.69. The quantitative estimate of drug-likeness (QED) is 0.305. The second-order valence-corrected chi connectivity index (χ2v) is 11.3. The molecule has 0 radical (unpaired) electrons. The molecule has 2 saturated heterocycles. The summed E-state index contributed by atoms with van der Waals surface area (Å²) in [5, 5.41) is 6.18. The number of rotatable bonds is 14. The van der Waals surface area contributed by atoms with Gasteiger partial charge in [-0.25, -0.2) is 0 Å². The molecule has 0 aromatic heterocycles. The molecule has 0 atom stereocenters. The van der Waals surface area contributed by atoms with E-state index < -0.39 is 0 Å². The van der Waals surface area contributed by atoms with Crippen LogP contribution in [0, 0.1) is 5.92 Å². The number of hydrogen-bond acceptors (Lipinski definition) is 5. The molecule has 0 aliphatic carbocycles. The van der Waals surface area contributed by atoms with Crippen molar-refractivity contribution < 1.29 is 14.3 Å². The maximum atomic E-state index is 13.5. The Bertz CT molecular complexity index is 1050. The molecule has 7 heteroatoms. The lowest BCUT2D eigenvalue weighted by Gasteiger charge is -2.35. The van der Waals surface area contributed by atoms with Gasteiger partial charge < -0.3 is 20.3 Å². The number of benzene rings is 2. The molecule has 218 valence electrons. The fourth-order valence-electron chi connectivity index (χ4n) is 5.76. The Hall–Kier alpha value is -2.90. The molecule has 2 N–H and O–H groups in total. The van der Waals surface area contributed by atoms with Crippen LogP contribution < -0.4 is 15.5 Å². The van der Waals surface area contributed by atoms with Gasteiger partial charge in [-0.3, -0.25) is 14.5 Å². The lowest BCUT2D eigenvalue weighted by molar-refractivity contribution is -0.116. The van der Waals surface area contributed by atoms with Crippen LogP contribution in [0.4, 0.5) is 11.4 Å². The summed E-state index contributed by atoms with van der Waals surface area (Å²) < 4.78 is 5.44. The largest absolute Gasteiger partial charge is 0.379 e. The van der Waals surface area contributed by atoms with E-state index >= 15 is 0 Å². The summed E-state index contributed by atoms with van der Waals surface area (Å²) in [6.45, 7) is 8.74. The Labute approximate surface area is 240 Å². The molecule has 2 heterocycles. The molecule has 2 aliphatic heterocycles. The Kier molecular flexibility index (Phi) is 12.3. The van der Waals surface area contributed by atoms with Crippen LogP contribution in [0.5, 0.6) is 0 Å². The number of carbonyl (C=O) groups is 2. The van der Waals surface area contributed by atoms with Crippen molar-refractivity contribution >= 4 is 23.2 Å². The van der Waals surface area contributed by atoms with Crippen molar-refractivity contribution in [2.75, 3.05) is 62.7 Å². The zero-order valence-corrected chi connectivity index (χ0v) is 24.3. The van der Waals surface area contributed by atoms with Crippen molar-refractivity contribution in [3.63, 3.8) is 0 Å². The third-order valence-corrected chi connectivity index (χ3v) is 8.17. The highest BCUT2D eigenvalue weighted by molar-refractivity contribution is 6.02. The van der Waals surface area contributed by atoms with E-state index in [0.29, 0.717) is 30.1 Å². The number of anilines is 2. The first-order valence-corrected chi connectivity index (χ1v) is 15.4. The van der Waals surface area contributed by atoms with Gasteiger partial charge in [-0.05, 0) is 55.4 Å². The topological polar surface area (TPSA) is 73.9 Å². The Balaban J connectivity index is 1.38. The number of carbonyl (C=O) groups excluding carboxylic acids is 2. The lowest BCUT2D eigenvalue weighted by Crippen LogP contribution is -2.41. The van der Waals surface area contributed by atoms with Crippen molar-refractivity contribution in [2.45, 2.75) is 64.7 Å². The van der Waals surface area contributed by atoms with Crippen LogP contribution >= 0.6 is 0 Å². The van der Waals surface area contributed by atoms with Crippen molar-refractivity contribution in [1.29, 1.82) is 0 Å². The van der Waals surface area contributed by atoms with Crippen molar-refractivity contribution in [3.8, 4) is 0 Å². The van der Waals surface area contributed by atoms with Crippen LogP contribution in [0.3, 0.4) is 0 Å². The normalized spacial score (nSPS) is 16.6. The molecular formula is C33H48N4O3. The highest BCUT2D eigenvalue weighted by atomic mass is 16.5. The summed E-state index contributed by atoms with van der Waals surface area (Å²) >= 11 is 0. The molecule has 40 heavy (non-hydrogen) atoms. The van der Waals surface area contributed by atoms with Crippen molar-refractivity contribution in [1.82, 2.24) is 10.2 Å². The molecular weight excluding hydrogens is 500 g/mol. The molecule has 2 amide bonds. The van der Waals surface area contributed by atoms with E-state index in [-0.39, 0.29) is 11.8 Å². The van der Waals surface area contributed by atoms with Crippen LogP contribution in [-0.2, 0) is 16.0 Å². The number of ether oxygens (including phenoxy) is 1. The number of nitrogens with zero attached hydrogens (tertiary/aromatic N) is 2. The van der Waals surface area contributed by atoms with Gasteiger partial charge in [0.2, 0.25) is 5.91 Å². The van der Waals surface area contributed by atoms with Gasteiger partial charge in [-0.2, -0.15) is 0 Å². The van der Waals surface area contributed by atoms with Gasteiger partial charge in [0.05, 0.1) is 18.8 Å². The molecule has 0 spiro atoms. The molecule has 7 nitrogen and oxygen atoms in total. The van der Waals surface area contributed by atoms with Gasteiger partial charge in [-0.1, -0.05) is 62.9 Å². The summed E-state index contributed by atoms with van der Waals surface area (Å²) in [4.78, 5) is 30.7. The summed E-state index contributed by atoms with van der Waals surface area (Å²) in [7, 11) is 0. The number of nitrogens with one attached hydrogen (secondary N) is 2. The Morgan fingerprint density at radius 1 is 0.925 bits per heavy atom. The summed E-state index contributed by atoms with van der Waals surface area (Å²) in [6.07, 6.45) is 9.39. The minimum Gasteiger partial charge on any atom is -0.379 e. The first-order chi connectivity index (χ1) is 19.6. The fraction of sp³-hybridized carbons (Fsp3) is 0.576. The van der Waals surface area contributed by atoms with Crippen LogP contribution in [0.1, 0.15) is 74.2 Å². The maximum Gasteiger partial charge on any atom is 0.253 e. The van der Waals surface area contributed by atoms with Crippen LogP contribution in [0.15, 0.2) is 48.5 Å². The lowest BCUT2D eigenvalue weighted by atomic mass is 9.89.